The molecule has 1 aromatic heterocycles. The predicted molar refractivity (Wildman–Crippen MR) is 82.3 cm³/mol. The van der Waals surface area contributed by atoms with Crippen molar-refractivity contribution < 1.29 is 4.74 Å². The molecule has 1 aromatic carbocycles. The van der Waals surface area contributed by atoms with Crippen molar-refractivity contribution in [3.8, 4) is 6.01 Å². The molecule has 2 heterocycles. The standard InChI is InChI=1S/C15H17ClN4O/c1-9(2)21-15-18-13(16)17-14(19-15)20-10(3)8-11-6-4-5-7-12(11)20/h4-7,9-10H,8H2,1-3H3. The van der Waals surface area contributed by atoms with Gasteiger partial charge in [0.1, 0.15) is 0 Å². The van der Waals surface area contributed by atoms with E-state index in [-0.39, 0.29) is 23.4 Å². The van der Waals surface area contributed by atoms with E-state index in [2.05, 4.69) is 38.9 Å². The number of aromatic nitrogens is 3. The van der Waals surface area contributed by atoms with Crippen molar-refractivity contribution in [2.45, 2.75) is 39.3 Å². The number of para-hydroxylation sites is 1. The Kier molecular flexibility index (Phi) is 3.68. The Morgan fingerprint density at radius 1 is 1.24 bits per heavy atom. The van der Waals surface area contributed by atoms with E-state index < -0.39 is 0 Å². The van der Waals surface area contributed by atoms with Crippen LogP contribution in [0.25, 0.3) is 0 Å². The molecular formula is C15H17ClN4O. The Morgan fingerprint density at radius 2 is 2.00 bits per heavy atom. The molecule has 0 saturated carbocycles. The molecule has 0 N–H and O–H groups in total. The van der Waals surface area contributed by atoms with Gasteiger partial charge in [0.2, 0.25) is 11.2 Å². The highest BCUT2D eigenvalue weighted by atomic mass is 35.5. The molecule has 0 amide bonds. The number of fused-ring (bicyclic) bond motifs is 1. The summed E-state index contributed by atoms with van der Waals surface area (Å²) in [6.45, 7) is 5.98. The largest absolute Gasteiger partial charge is 0.461 e. The minimum atomic E-state index is -0.0143. The van der Waals surface area contributed by atoms with Crippen LogP contribution in [0, 0.1) is 0 Å². The molecule has 1 atom stereocenters. The second-order valence-electron chi connectivity index (χ2n) is 5.41. The molecule has 21 heavy (non-hydrogen) atoms. The summed E-state index contributed by atoms with van der Waals surface area (Å²) in [5.41, 5.74) is 2.40. The van der Waals surface area contributed by atoms with Gasteiger partial charge in [0, 0.05) is 11.7 Å². The zero-order valence-corrected chi connectivity index (χ0v) is 13.0. The van der Waals surface area contributed by atoms with Crippen LogP contribution >= 0.6 is 11.6 Å². The third kappa shape index (κ3) is 2.78. The molecule has 3 rings (SSSR count). The molecule has 0 aliphatic carbocycles. The van der Waals surface area contributed by atoms with E-state index in [1.807, 2.05) is 26.0 Å². The molecule has 1 unspecified atom stereocenters. The summed E-state index contributed by atoms with van der Waals surface area (Å²) in [5, 5.41) is 0.146. The average molecular weight is 305 g/mol. The highest BCUT2D eigenvalue weighted by molar-refractivity contribution is 6.28. The lowest BCUT2D eigenvalue weighted by Gasteiger charge is -2.22. The second kappa shape index (κ2) is 5.48. The van der Waals surface area contributed by atoms with Gasteiger partial charge in [0.05, 0.1) is 6.10 Å². The lowest BCUT2D eigenvalue weighted by Crippen LogP contribution is -2.26. The molecule has 6 heteroatoms. The fraction of sp³-hybridized carbons (Fsp3) is 0.400. The molecule has 2 aromatic rings. The van der Waals surface area contributed by atoms with Crippen molar-refractivity contribution in [3.63, 3.8) is 0 Å². The Hall–Kier alpha value is -1.88. The molecule has 0 fully saturated rings. The highest BCUT2D eigenvalue weighted by Gasteiger charge is 2.29. The summed E-state index contributed by atoms with van der Waals surface area (Å²) in [4.78, 5) is 14.8. The third-order valence-electron chi connectivity index (χ3n) is 3.34. The zero-order chi connectivity index (χ0) is 15.0. The van der Waals surface area contributed by atoms with Gasteiger partial charge < -0.3 is 9.64 Å². The summed E-state index contributed by atoms with van der Waals surface area (Å²) in [6.07, 6.45) is 0.944. The molecule has 1 aliphatic rings. The molecule has 1 aliphatic heterocycles. The second-order valence-corrected chi connectivity index (χ2v) is 5.74. The van der Waals surface area contributed by atoms with Gasteiger partial charge in [0.15, 0.2) is 0 Å². The van der Waals surface area contributed by atoms with E-state index in [0.717, 1.165) is 12.1 Å². The number of benzene rings is 1. The number of ether oxygens (including phenoxy) is 1. The van der Waals surface area contributed by atoms with Gasteiger partial charge in [-0.2, -0.15) is 15.0 Å². The van der Waals surface area contributed by atoms with Crippen LogP contribution in [-0.2, 0) is 6.42 Å². The topological polar surface area (TPSA) is 51.1 Å². The lowest BCUT2D eigenvalue weighted by molar-refractivity contribution is 0.221. The van der Waals surface area contributed by atoms with Gasteiger partial charge in [-0.05, 0) is 50.4 Å². The fourth-order valence-electron chi connectivity index (χ4n) is 2.56. The van der Waals surface area contributed by atoms with Crippen molar-refractivity contribution in [1.29, 1.82) is 0 Å². The predicted octanol–water partition coefficient (Wildman–Crippen LogP) is 3.39. The van der Waals surface area contributed by atoms with Crippen LogP contribution in [0.5, 0.6) is 6.01 Å². The van der Waals surface area contributed by atoms with Gasteiger partial charge in [-0.25, -0.2) is 0 Å². The van der Waals surface area contributed by atoms with Crippen molar-refractivity contribution in [1.82, 2.24) is 15.0 Å². The third-order valence-corrected chi connectivity index (χ3v) is 3.51. The van der Waals surface area contributed by atoms with Gasteiger partial charge in [-0.3, -0.25) is 0 Å². The van der Waals surface area contributed by atoms with Crippen molar-refractivity contribution in [2.24, 2.45) is 0 Å². The van der Waals surface area contributed by atoms with E-state index in [1.54, 1.807) is 0 Å². The SMILES string of the molecule is CC(C)Oc1nc(Cl)nc(N2c3ccccc3CC2C)n1. The Bertz CT molecular complexity index is 662. The number of nitrogens with zero attached hydrogens (tertiary/aromatic N) is 4. The summed E-state index contributed by atoms with van der Waals surface area (Å²) in [7, 11) is 0. The maximum Gasteiger partial charge on any atom is 0.322 e. The van der Waals surface area contributed by atoms with E-state index >= 15 is 0 Å². The van der Waals surface area contributed by atoms with Crippen molar-refractivity contribution in [2.75, 3.05) is 4.90 Å². The number of halogens is 1. The lowest BCUT2D eigenvalue weighted by atomic mass is 10.1. The Morgan fingerprint density at radius 3 is 2.76 bits per heavy atom. The van der Waals surface area contributed by atoms with Crippen LogP contribution in [0.3, 0.4) is 0 Å². The number of hydrogen-bond acceptors (Lipinski definition) is 5. The van der Waals surface area contributed by atoms with Crippen LogP contribution in [0.15, 0.2) is 24.3 Å². The maximum atomic E-state index is 6.02. The summed E-state index contributed by atoms with van der Waals surface area (Å²) < 4.78 is 5.55. The fourth-order valence-corrected chi connectivity index (χ4v) is 2.71. The minimum absolute atomic E-state index is 0.0143. The molecule has 110 valence electrons. The minimum Gasteiger partial charge on any atom is -0.461 e. The van der Waals surface area contributed by atoms with E-state index in [9.17, 15) is 0 Å². The summed E-state index contributed by atoms with van der Waals surface area (Å²) in [5.74, 6) is 0.531. The molecular weight excluding hydrogens is 288 g/mol. The van der Waals surface area contributed by atoms with E-state index in [4.69, 9.17) is 16.3 Å². The van der Waals surface area contributed by atoms with E-state index in [1.165, 1.54) is 5.56 Å². The number of hydrogen-bond donors (Lipinski definition) is 0. The molecule has 0 radical (unpaired) electrons. The molecule has 0 spiro atoms. The first-order valence-corrected chi connectivity index (χ1v) is 7.38. The van der Waals surface area contributed by atoms with Crippen LogP contribution in [-0.4, -0.2) is 27.1 Å². The zero-order valence-electron chi connectivity index (χ0n) is 12.2. The first-order valence-electron chi connectivity index (χ1n) is 7.00. The number of anilines is 2. The van der Waals surface area contributed by atoms with Gasteiger partial charge in [-0.15, -0.1) is 0 Å². The van der Waals surface area contributed by atoms with Crippen LogP contribution in [0.1, 0.15) is 26.3 Å². The summed E-state index contributed by atoms with van der Waals surface area (Å²) in [6, 6.07) is 8.78. The van der Waals surface area contributed by atoms with Crippen LogP contribution < -0.4 is 9.64 Å². The Balaban J connectivity index is 2.02. The van der Waals surface area contributed by atoms with Crippen molar-refractivity contribution in [3.05, 3.63) is 35.1 Å². The summed E-state index contributed by atoms with van der Waals surface area (Å²) >= 11 is 6.02. The first-order chi connectivity index (χ1) is 10.0. The molecule has 0 bridgehead atoms. The van der Waals surface area contributed by atoms with E-state index in [0.29, 0.717) is 5.95 Å². The highest BCUT2D eigenvalue weighted by Crippen LogP contribution is 2.36. The van der Waals surface area contributed by atoms with Crippen LogP contribution in [0.4, 0.5) is 11.6 Å². The van der Waals surface area contributed by atoms with Crippen LogP contribution in [0.2, 0.25) is 5.28 Å². The maximum absolute atomic E-state index is 6.02. The van der Waals surface area contributed by atoms with Crippen molar-refractivity contribution >= 4 is 23.2 Å². The van der Waals surface area contributed by atoms with Gasteiger partial charge in [-0.1, -0.05) is 18.2 Å². The molecule has 0 saturated heterocycles. The quantitative estimate of drug-likeness (QED) is 0.870. The number of rotatable bonds is 3. The first kappa shape index (κ1) is 14.1. The Labute approximate surface area is 129 Å². The normalized spacial score (nSPS) is 17.2. The average Bonchev–Trinajstić information content (AvgIpc) is 2.72. The van der Waals surface area contributed by atoms with Gasteiger partial charge >= 0.3 is 6.01 Å². The monoisotopic (exact) mass is 304 g/mol. The van der Waals surface area contributed by atoms with Gasteiger partial charge in [0.25, 0.3) is 0 Å². The smallest absolute Gasteiger partial charge is 0.322 e. The molecule has 5 nitrogen and oxygen atoms in total.